The van der Waals surface area contributed by atoms with Gasteiger partial charge >= 0.3 is 0 Å². The van der Waals surface area contributed by atoms with Crippen LogP contribution < -0.4 is 0 Å². The quantitative estimate of drug-likeness (QED) is 0.878. The zero-order valence-electron chi connectivity index (χ0n) is 10.4. The molecular weight excluding hydrogens is 230 g/mol. The van der Waals surface area contributed by atoms with E-state index in [9.17, 15) is 9.90 Å². The summed E-state index contributed by atoms with van der Waals surface area (Å²) in [5, 5.41) is 9.31. The van der Waals surface area contributed by atoms with Crippen molar-refractivity contribution in [3.63, 3.8) is 0 Å². The average Bonchev–Trinajstić information content (AvgIpc) is 2.36. The number of benzene rings is 1. The van der Waals surface area contributed by atoms with Gasteiger partial charge in [-0.15, -0.1) is 0 Å². The van der Waals surface area contributed by atoms with Gasteiger partial charge in [0, 0.05) is 26.0 Å². The summed E-state index contributed by atoms with van der Waals surface area (Å²) in [5.41, 5.74) is 1.78. The van der Waals surface area contributed by atoms with Crippen LogP contribution in [-0.2, 0) is 0 Å². The number of amides is 1. The predicted molar refractivity (Wildman–Crippen MR) is 68.2 cm³/mol. The van der Waals surface area contributed by atoms with Gasteiger partial charge in [0.05, 0.1) is 17.2 Å². The van der Waals surface area contributed by atoms with E-state index in [-0.39, 0.29) is 12.5 Å². The Morgan fingerprint density at radius 1 is 1.39 bits per heavy atom. The van der Waals surface area contributed by atoms with Crippen molar-refractivity contribution in [3.05, 3.63) is 36.2 Å². The topological polar surface area (TPSA) is 66.3 Å². The maximum absolute atomic E-state index is 12.2. The molecule has 0 spiro atoms. The smallest absolute Gasteiger partial charge is 0.255 e. The number of nitrogens with zero attached hydrogens (tertiary/aromatic N) is 3. The SMILES string of the molecule is CC(O)CN(C)C(=O)c1cccc2nccnc12. The summed E-state index contributed by atoms with van der Waals surface area (Å²) in [6.07, 6.45) is 2.60. The number of fused-ring (bicyclic) bond motifs is 1. The van der Waals surface area contributed by atoms with Crippen molar-refractivity contribution in [1.29, 1.82) is 0 Å². The lowest BCUT2D eigenvalue weighted by Gasteiger charge is -2.19. The second kappa shape index (κ2) is 5.10. The monoisotopic (exact) mass is 245 g/mol. The van der Waals surface area contributed by atoms with Crippen molar-refractivity contribution in [2.75, 3.05) is 13.6 Å². The van der Waals surface area contributed by atoms with E-state index < -0.39 is 6.10 Å². The third-order valence-corrected chi connectivity index (χ3v) is 2.61. The summed E-state index contributed by atoms with van der Waals surface area (Å²) in [4.78, 5) is 22.1. The zero-order valence-corrected chi connectivity index (χ0v) is 10.4. The standard InChI is InChI=1S/C13H15N3O2/c1-9(17)8-16(2)13(18)10-4-3-5-11-12(10)15-7-6-14-11/h3-7,9,17H,8H2,1-2H3. The van der Waals surface area contributed by atoms with E-state index in [0.29, 0.717) is 16.6 Å². The second-order valence-corrected chi connectivity index (χ2v) is 4.26. The summed E-state index contributed by atoms with van der Waals surface area (Å²) in [7, 11) is 1.66. The first-order valence-corrected chi connectivity index (χ1v) is 5.73. The molecule has 0 saturated heterocycles. The predicted octanol–water partition coefficient (Wildman–Crippen LogP) is 1.08. The third kappa shape index (κ3) is 2.46. The fourth-order valence-electron chi connectivity index (χ4n) is 1.85. The van der Waals surface area contributed by atoms with Crippen molar-refractivity contribution in [1.82, 2.24) is 14.9 Å². The van der Waals surface area contributed by atoms with Crippen LogP contribution in [0.5, 0.6) is 0 Å². The summed E-state index contributed by atoms with van der Waals surface area (Å²) in [6, 6.07) is 5.31. The van der Waals surface area contributed by atoms with E-state index in [1.54, 1.807) is 38.5 Å². The van der Waals surface area contributed by atoms with Crippen LogP contribution in [-0.4, -0.2) is 45.6 Å². The molecular formula is C13H15N3O2. The Morgan fingerprint density at radius 2 is 2.11 bits per heavy atom. The van der Waals surface area contributed by atoms with Crippen LogP contribution in [0.3, 0.4) is 0 Å². The van der Waals surface area contributed by atoms with Crippen molar-refractivity contribution >= 4 is 16.9 Å². The molecule has 1 atom stereocenters. The lowest BCUT2D eigenvalue weighted by molar-refractivity contribution is 0.0705. The minimum Gasteiger partial charge on any atom is -0.392 e. The van der Waals surface area contributed by atoms with Crippen LogP contribution in [0.25, 0.3) is 11.0 Å². The van der Waals surface area contributed by atoms with Gasteiger partial charge in [-0.25, -0.2) is 0 Å². The number of likely N-dealkylation sites (N-methyl/N-ethyl adjacent to an activating group) is 1. The van der Waals surface area contributed by atoms with Crippen LogP contribution >= 0.6 is 0 Å². The first kappa shape index (κ1) is 12.4. The lowest BCUT2D eigenvalue weighted by Crippen LogP contribution is -2.33. The normalized spacial score (nSPS) is 12.4. The Balaban J connectivity index is 2.39. The number of aliphatic hydroxyl groups is 1. The van der Waals surface area contributed by atoms with Crippen LogP contribution in [0.2, 0.25) is 0 Å². The van der Waals surface area contributed by atoms with Gasteiger partial charge in [-0.3, -0.25) is 14.8 Å². The van der Waals surface area contributed by atoms with Crippen LogP contribution in [0, 0.1) is 0 Å². The zero-order chi connectivity index (χ0) is 13.1. The molecule has 1 N–H and O–H groups in total. The van der Waals surface area contributed by atoms with Gasteiger partial charge in [0.1, 0.15) is 5.52 Å². The molecule has 0 radical (unpaired) electrons. The van der Waals surface area contributed by atoms with Crippen LogP contribution in [0.1, 0.15) is 17.3 Å². The molecule has 5 heteroatoms. The number of aromatic nitrogens is 2. The number of rotatable bonds is 3. The Morgan fingerprint density at radius 3 is 2.83 bits per heavy atom. The van der Waals surface area contributed by atoms with Crippen LogP contribution in [0.15, 0.2) is 30.6 Å². The van der Waals surface area contributed by atoms with Crippen molar-refractivity contribution in [2.45, 2.75) is 13.0 Å². The van der Waals surface area contributed by atoms with Gasteiger partial charge in [-0.2, -0.15) is 0 Å². The summed E-state index contributed by atoms with van der Waals surface area (Å²) in [6.45, 7) is 1.93. The molecule has 0 fully saturated rings. The molecule has 18 heavy (non-hydrogen) atoms. The van der Waals surface area contributed by atoms with E-state index in [1.165, 1.54) is 4.90 Å². The molecule has 0 bridgehead atoms. The number of carbonyl (C=O) groups is 1. The maximum atomic E-state index is 12.2. The Bertz CT molecular complexity index is 564. The number of hydrogen-bond donors (Lipinski definition) is 1. The minimum atomic E-state index is -0.556. The molecule has 1 aromatic heterocycles. The van der Waals surface area contributed by atoms with E-state index in [2.05, 4.69) is 9.97 Å². The molecule has 1 heterocycles. The highest BCUT2D eigenvalue weighted by Crippen LogP contribution is 2.15. The molecule has 0 aliphatic carbocycles. The number of aliphatic hydroxyl groups excluding tert-OH is 1. The molecule has 94 valence electrons. The first-order chi connectivity index (χ1) is 8.59. The lowest BCUT2D eigenvalue weighted by atomic mass is 10.1. The highest BCUT2D eigenvalue weighted by Gasteiger charge is 2.16. The molecule has 2 aromatic rings. The summed E-state index contributed by atoms with van der Waals surface area (Å²) in [5.74, 6) is -0.165. The molecule has 1 amide bonds. The third-order valence-electron chi connectivity index (χ3n) is 2.61. The Labute approximate surface area is 105 Å². The fraction of sp³-hybridized carbons (Fsp3) is 0.308. The van der Waals surface area contributed by atoms with Gasteiger partial charge in [0.15, 0.2) is 0 Å². The molecule has 1 unspecified atom stereocenters. The Hall–Kier alpha value is -2.01. The van der Waals surface area contributed by atoms with Crippen molar-refractivity contribution in [2.24, 2.45) is 0 Å². The molecule has 5 nitrogen and oxygen atoms in total. The maximum Gasteiger partial charge on any atom is 0.255 e. The van der Waals surface area contributed by atoms with E-state index in [0.717, 1.165) is 0 Å². The molecule has 0 saturated carbocycles. The number of hydrogen-bond acceptors (Lipinski definition) is 4. The Kier molecular flexibility index (Phi) is 3.53. The molecule has 0 aliphatic heterocycles. The highest BCUT2D eigenvalue weighted by molar-refractivity contribution is 6.04. The van der Waals surface area contributed by atoms with Crippen molar-refractivity contribution in [3.8, 4) is 0 Å². The summed E-state index contributed by atoms with van der Waals surface area (Å²) >= 11 is 0. The largest absolute Gasteiger partial charge is 0.392 e. The van der Waals surface area contributed by atoms with Gasteiger partial charge in [-0.05, 0) is 19.1 Å². The minimum absolute atomic E-state index is 0.165. The van der Waals surface area contributed by atoms with Gasteiger partial charge in [-0.1, -0.05) is 6.07 Å². The fourth-order valence-corrected chi connectivity index (χ4v) is 1.85. The first-order valence-electron chi connectivity index (χ1n) is 5.73. The van der Waals surface area contributed by atoms with Gasteiger partial charge < -0.3 is 10.0 Å². The van der Waals surface area contributed by atoms with E-state index in [1.807, 2.05) is 6.07 Å². The molecule has 1 aromatic carbocycles. The summed E-state index contributed by atoms with van der Waals surface area (Å²) < 4.78 is 0. The molecule has 0 aliphatic rings. The average molecular weight is 245 g/mol. The van der Waals surface area contributed by atoms with E-state index in [4.69, 9.17) is 0 Å². The number of para-hydroxylation sites is 1. The number of carbonyl (C=O) groups excluding carboxylic acids is 1. The molecule has 2 rings (SSSR count). The second-order valence-electron chi connectivity index (χ2n) is 4.26. The van der Waals surface area contributed by atoms with Crippen LogP contribution in [0.4, 0.5) is 0 Å². The highest BCUT2D eigenvalue weighted by atomic mass is 16.3. The van der Waals surface area contributed by atoms with Gasteiger partial charge in [0.25, 0.3) is 5.91 Å². The van der Waals surface area contributed by atoms with Crippen molar-refractivity contribution < 1.29 is 9.90 Å². The van der Waals surface area contributed by atoms with E-state index >= 15 is 0 Å². The van der Waals surface area contributed by atoms with Gasteiger partial charge in [0.2, 0.25) is 0 Å².